The van der Waals surface area contributed by atoms with Gasteiger partial charge in [-0.1, -0.05) is 19.4 Å². The topological polar surface area (TPSA) is 92.4 Å². The molecule has 0 unspecified atom stereocenters. The first-order valence-electron chi connectivity index (χ1n) is 9.32. The molecule has 2 heterocycles. The number of unbranched alkanes of at least 4 members (excludes halogenated alkanes) is 1. The lowest BCUT2D eigenvalue weighted by Gasteiger charge is -2.14. The summed E-state index contributed by atoms with van der Waals surface area (Å²) in [4.78, 5) is 28.4. The Balaban J connectivity index is 2.19. The Morgan fingerprint density at radius 1 is 1.14 bits per heavy atom. The zero-order valence-electron chi connectivity index (χ0n) is 16.3. The number of aliphatic carboxylic acids is 1. The average molecular weight is 410 g/mol. The van der Waals surface area contributed by atoms with Gasteiger partial charge in [0.15, 0.2) is 0 Å². The van der Waals surface area contributed by atoms with Gasteiger partial charge in [-0.15, -0.1) is 11.3 Å². The third-order valence-electron chi connectivity index (χ3n) is 4.70. The molecule has 1 aromatic carbocycles. The van der Waals surface area contributed by atoms with E-state index in [9.17, 15) is 14.7 Å². The van der Waals surface area contributed by atoms with Gasteiger partial charge < -0.3 is 10.2 Å². The predicted octanol–water partition coefficient (Wildman–Crippen LogP) is 4.99. The van der Waals surface area contributed by atoms with Gasteiger partial charge >= 0.3 is 11.9 Å². The van der Waals surface area contributed by atoms with Crippen LogP contribution in [0, 0.1) is 0 Å². The number of aromatic nitrogens is 2. The number of aryl methyl sites for hydroxylation is 1. The molecule has 0 atom stereocenters. The van der Waals surface area contributed by atoms with Gasteiger partial charge in [0.05, 0.1) is 23.0 Å². The minimum atomic E-state index is -0.992. The van der Waals surface area contributed by atoms with Crippen molar-refractivity contribution >= 4 is 34.4 Å². The molecule has 0 spiro atoms. The highest BCUT2D eigenvalue weighted by Crippen LogP contribution is 2.31. The minimum Gasteiger partial charge on any atom is -0.478 e. The highest BCUT2D eigenvalue weighted by atomic mass is 32.1. The molecule has 2 aromatic heterocycles. The molecule has 2 N–H and O–H groups in total. The maximum absolute atomic E-state index is 12.0. The third-order valence-corrected chi connectivity index (χ3v) is 5.59. The Labute approximate surface area is 172 Å². The summed E-state index contributed by atoms with van der Waals surface area (Å²) in [5.74, 6) is -1.16. The first kappa shape index (κ1) is 20.5. The number of benzene rings is 1. The number of carboxylic acids is 2. The van der Waals surface area contributed by atoms with Crippen LogP contribution in [-0.2, 0) is 11.2 Å². The zero-order valence-corrected chi connectivity index (χ0v) is 17.1. The summed E-state index contributed by atoms with van der Waals surface area (Å²) in [6, 6.07) is 10.2. The lowest BCUT2D eigenvalue weighted by atomic mass is 10.0. The summed E-state index contributed by atoms with van der Waals surface area (Å²) >= 11 is 1.38. The van der Waals surface area contributed by atoms with Crippen molar-refractivity contribution in [2.75, 3.05) is 0 Å². The van der Waals surface area contributed by atoms with Crippen molar-refractivity contribution in [3.05, 3.63) is 69.9 Å². The van der Waals surface area contributed by atoms with Crippen molar-refractivity contribution in [3.8, 4) is 5.69 Å². The Kier molecular flexibility index (Phi) is 6.29. The van der Waals surface area contributed by atoms with Crippen molar-refractivity contribution < 1.29 is 19.8 Å². The lowest BCUT2D eigenvalue weighted by Crippen LogP contribution is -2.08. The molecule has 0 amide bonds. The van der Waals surface area contributed by atoms with Crippen molar-refractivity contribution in [1.29, 1.82) is 0 Å². The molecule has 3 aromatic rings. The summed E-state index contributed by atoms with van der Waals surface area (Å²) in [6.07, 6.45) is 4.39. The van der Waals surface area contributed by atoms with Gasteiger partial charge in [-0.05, 0) is 54.6 Å². The molecule has 0 aliphatic carbocycles. The molecule has 0 saturated heterocycles. The van der Waals surface area contributed by atoms with Crippen LogP contribution in [0.2, 0.25) is 0 Å². The molecule has 0 bridgehead atoms. The van der Waals surface area contributed by atoms with Crippen LogP contribution in [-0.4, -0.2) is 31.7 Å². The fourth-order valence-electron chi connectivity index (χ4n) is 3.21. The summed E-state index contributed by atoms with van der Waals surface area (Å²) in [5, 5.41) is 20.9. The number of carboxylic acid groups (broad SMARTS) is 2. The van der Waals surface area contributed by atoms with E-state index in [-0.39, 0.29) is 11.1 Å². The Morgan fingerprint density at radius 2 is 1.86 bits per heavy atom. The quantitative estimate of drug-likeness (QED) is 0.510. The summed E-state index contributed by atoms with van der Waals surface area (Å²) in [7, 11) is 0. The lowest BCUT2D eigenvalue weighted by molar-refractivity contribution is -0.130. The van der Waals surface area contributed by atoms with Crippen LogP contribution in [0.5, 0.6) is 0 Å². The van der Waals surface area contributed by atoms with E-state index in [4.69, 9.17) is 5.11 Å². The van der Waals surface area contributed by atoms with Crippen LogP contribution in [0.15, 0.2) is 48.0 Å². The molecule has 0 aliphatic rings. The monoisotopic (exact) mass is 410 g/mol. The highest BCUT2D eigenvalue weighted by molar-refractivity contribution is 7.11. The Morgan fingerprint density at radius 3 is 2.41 bits per heavy atom. The summed E-state index contributed by atoms with van der Waals surface area (Å²) in [5.41, 5.74) is 2.49. The molecule has 0 fully saturated rings. The van der Waals surface area contributed by atoms with Gasteiger partial charge in [0.2, 0.25) is 0 Å². The fourth-order valence-corrected chi connectivity index (χ4v) is 4.03. The number of thiophene rings is 1. The molecular weight excluding hydrogens is 388 g/mol. The second-order valence-corrected chi connectivity index (χ2v) is 7.58. The first-order valence-corrected chi connectivity index (χ1v) is 10.2. The van der Waals surface area contributed by atoms with Gasteiger partial charge in [-0.2, -0.15) is 0 Å². The number of allylic oxidation sites excluding steroid dienone is 1. The molecule has 6 nitrogen and oxygen atoms in total. The van der Waals surface area contributed by atoms with Crippen LogP contribution < -0.4 is 0 Å². The van der Waals surface area contributed by atoms with E-state index >= 15 is 0 Å². The minimum absolute atomic E-state index is 0.197. The number of rotatable bonds is 8. The van der Waals surface area contributed by atoms with E-state index in [1.807, 2.05) is 16.0 Å². The highest BCUT2D eigenvalue weighted by Gasteiger charge is 2.21. The van der Waals surface area contributed by atoms with E-state index in [0.29, 0.717) is 16.1 Å². The van der Waals surface area contributed by atoms with E-state index < -0.39 is 11.9 Å². The van der Waals surface area contributed by atoms with E-state index in [1.165, 1.54) is 11.3 Å². The molecule has 0 aliphatic heterocycles. The maximum Gasteiger partial charge on any atom is 0.337 e. The fraction of sp³-hybridized carbons (Fsp3) is 0.227. The van der Waals surface area contributed by atoms with E-state index in [2.05, 4.69) is 11.9 Å². The first-order chi connectivity index (χ1) is 13.9. The summed E-state index contributed by atoms with van der Waals surface area (Å²) in [6.45, 7) is 3.88. The van der Waals surface area contributed by atoms with Gasteiger partial charge in [-0.25, -0.2) is 14.6 Å². The van der Waals surface area contributed by atoms with Gasteiger partial charge in [0.25, 0.3) is 0 Å². The third kappa shape index (κ3) is 4.30. The molecule has 0 saturated carbocycles. The molecule has 3 rings (SSSR count). The second kappa shape index (κ2) is 8.87. The van der Waals surface area contributed by atoms with Gasteiger partial charge in [0.1, 0.15) is 5.82 Å². The van der Waals surface area contributed by atoms with Crippen molar-refractivity contribution in [3.63, 3.8) is 0 Å². The molecule has 7 heteroatoms. The number of imidazole rings is 1. The van der Waals surface area contributed by atoms with Crippen LogP contribution in [0.25, 0.3) is 16.8 Å². The Bertz CT molecular complexity index is 1050. The number of nitrogens with zero attached hydrogens (tertiary/aromatic N) is 2. The second-order valence-electron chi connectivity index (χ2n) is 6.63. The van der Waals surface area contributed by atoms with Gasteiger partial charge in [-0.3, -0.25) is 4.57 Å². The van der Waals surface area contributed by atoms with Crippen LogP contribution in [0.1, 0.15) is 53.4 Å². The number of carbonyl (C=O) groups is 2. The van der Waals surface area contributed by atoms with Crippen LogP contribution in [0.4, 0.5) is 0 Å². The van der Waals surface area contributed by atoms with Crippen molar-refractivity contribution in [1.82, 2.24) is 9.55 Å². The van der Waals surface area contributed by atoms with Crippen molar-refractivity contribution in [2.24, 2.45) is 0 Å². The van der Waals surface area contributed by atoms with Crippen LogP contribution in [0.3, 0.4) is 0 Å². The van der Waals surface area contributed by atoms with E-state index in [0.717, 1.165) is 30.8 Å². The predicted molar refractivity (Wildman–Crippen MR) is 114 cm³/mol. The normalized spacial score (nSPS) is 11.9. The number of hydrogen-bond acceptors (Lipinski definition) is 4. The number of aromatic carboxylic acids is 1. The molecule has 0 radical (unpaired) electrons. The molecular formula is C22H22N2O4S. The average Bonchev–Trinajstić information content (AvgIpc) is 3.36. The van der Waals surface area contributed by atoms with Crippen molar-refractivity contribution in [2.45, 2.75) is 33.1 Å². The standard InChI is InChI=1S/C22H22N2O4S/c1-3-4-7-19-23-13-17(14(2)20(22(27)28)18-6-5-12-29-18)24(19)16-10-8-15(9-11-16)21(25)26/h5-6,8-13H,3-4,7H2,1-2H3,(H,25,26)(H,27,28). The zero-order chi connectivity index (χ0) is 21.0. The molecule has 29 heavy (non-hydrogen) atoms. The largest absolute Gasteiger partial charge is 0.478 e. The smallest absolute Gasteiger partial charge is 0.337 e. The maximum atomic E-state index is 12.0. The summed E-state index contributed by atoms with van der Waals surface area (Å²) < 4.78 is 1.92. The Hall–Kier alpha value is -3.19. The van der Waals surface area contributed by atoms with Gasteiger partial charge in [0, 0.05) is 17.0 Å². The van der Waals surface area contributed by atoms with E-state index in [1.54, 1.807) is 43.5 Å². The number of hydrogen-bond donors (Lipinski definition) is 2. The SMILES string of the molecule is CCCCc1ncc(C(C)=C(C(=O)O)c2cccs2)n1-c1ccc(C(=O)O)cc1. The molecule has 150 valence electrons. The van der Waals surface area contributed by atoms with Crippen LogP contribution >= 0.6 is 11.3 Å².